The fraction of sp³-hybridized carbons (Fsp3) is 0.938. The van der Waals surface area contributed by atoms with E-state index in [1.165, 1.54) is 12.8 Å². The van der Waals surface area contributed by atoms with E-state index in [4.69, 9.17) is 9.47 Å². The minimum Gasteiger partial charge on any atom is -0.382 e. The Morgan fingerprint density at radius 3 is 2.81 bits per heavy atom. The molecule has 0 aromatic carbocycles. The Bertz CT molecular complexity index is 295. The highest BCUT2D eigenvalue weighted by Crippen LogP contribution is 2.23. The molecule has 1 unspecified atom stereocenters. The van der Waals surface area contributed by atoms with Gasteiger partial charge in [0.25, 0.3) is 0 Å². The average molecular weight is 299 g/mol. The molecule has 0 saturated carbocycles. The van der Waals surface area contributed by atoms with Crippen molar-refractivity contribution >= 4 is 5.96 Å². The van der Waals surface area contributed by atoms with Gasteiger partial charge in [-0.25, -0.2) is 0 Å². The fourth-order valence-corrected chi connectivity index (χ4v) is 2.84. The Morgan fingerprint density at radius 1 is 1.33 bits per heavy atom. The summed E-state index contributed by atoms with van der Waals surface area (Å²) in [6, 6.07) is 0. The fourth-order valence-electron chi connectivity index (χ4n) is 2.84. The molecule has 1 atom stereocenters. The number of guanidine groups is 1. The van der Waals surface area contributed by atoms with Gasteiger partial charge in [-0.15, -0.1) is 0 Å². The number of methoxy groups -OCH3 is 1. The zero-order valence-corrected chi connectivity index (χ0v) is 14.2. The van der Waals surface area contributed by atoms with Crippen molar-refractivity contribution in [2.75, 3.05) is 53.6 Å². The van der Waals surface area contributed by atoms with Crippen LogP contribution in [0.25, 0.3) is 0 Å². The quantitative estimate of drug-likeness (QED) is 0.402. The summed E-state index contributed by atoms with van der Waals surface area (Å²) in [7, 11) is 3.56. The molecule has 0 aliphatic carbocycles. The molecule has 1 aliphatic rings. The lowest BCUT2D eigenvalue weighted by molar-refractivity contribution is 0.0698. The van der Waals surface area contributed by atoms with Gasteiger partial charge in [0, 0.05) is 40.4 Å². The van der Waals surface area contributed by atoms with Gasteiger partial charge < -0.3 is 19.7 Å². The predicted octanol–water partition coefficient (Wildman–Crippen LogP) is 1.98. The van der Waals surface area contributed by atoms with Crippen LogP contribution in [0.1, 0.15) is 33.1 Å². The van der Waals surface area contributed by atoms with Crippen LogP contribution in [-0.4, -0.2) is 64.5 Å². The van der Waals surface area contributed by atoms with E-state index in [0.717, 1.165) is 50.5 Å². The van der Waals surface area contributed by atoms with Crippen molar-refractivity contribution in [3.8, 4) is 0 Å². The van der Waals surface area contributed by atoms with E-state index < -0.39 is 0 Å². The zero-order chi connectivity index (χ0) is 15.5. The molecular formula is C16H33N3O2. The molecule has 5 heteroatoms. The molecule has 124 valence electrons. The summed E-state index contributed by atoms with van der Waals surface area (Å²) in [6.45, 7) is 9.89. The first-order chi connectivity index (χ1) is 10.2. The smallest absolute Gasteiger partial charge is 0.193 e. The number of rotatable bonds is 9. The van der Waals surface area contributed by atoms with Crippen LogP contribution < -0.4 is 5.32 Å². The molecule has 0 spiro atoms. The molecule has 1 rings (SSSR count). The normalized spacial score (nSPS) is 19.6. The Balaban J connectivity index is 2.15. The summed E-state index contributed by atoms with van der Waals surface area (Å²) in [6.07, 6.45) is 3.60. The third-order valence-corrected chi connectivity index (χ3v) is 3.78. The number of hydrogen-bond donors (Lipinski definition) is 1. The van der Waals surface area contributed by atoms with Gasteiger partial charge in [-0.2, -0.15) is 0 Å². The molecular weight excluding hydrogens is 266 g/mol. The zero-order valence-electron chi connectivity index (χ0n) is 14.2. The van der Waals surface area contributed by atoms with Gasteiger partial charge in [-0.1, -0.05) is 13.8 Å². The van der Waals surface area contributed by atoms with E-state index in [2.05, 4.69) is 29.1 Å². The minimum absolute atomic E-state index is 0.667. The van der Waals surface area contributed by atoms with Crippen LogP contribution >= 0.6 is 0 Å². The first-order valence-corrected chi connectivity index (χ1v) is 8.19. The lowest BCUT2D eigenvalue weighted by Crippen LogP contribution is -2.40. The van der Waals surface area contributed by atoms with Crippen molar-refractivity contribution in [1.82, 2.24) is 10.2 Å². The molecule has 0 bridgehead atoms. The highest BCUT2D eigenvalue weighted by Gasteiger charge is 2.24. The second kappa shape index (κ2) is 10.9. The summed E-state index contributed by atoms with van der Waals surface area (Å²) < 4.78 is 10.4. The monoisotopic (exact) mass is 299 g/mol. The molecule has 0 aromatic rings. The topological polar surface area (TPSA) is 46.1 Å². The standard InChI is InChI=1S/C16H33N3O2/c1-14(2)12-15-6-8-19(13-15)16(17-3)18-7-5-9-21-11-10-20-4/h14-15H,5-13H2,1-4H3,(H,17,18). The molecule has 1 heterocycles. The molecule has 0 radical (unpaired) electrons. The highest BCUT2D eigenvalue weighted by molar-refractivity contribution is 5.80. The van der Waals surface area contributed by atoms with Crippen LogP contribution in [0.3, 0.4) is 0 Å². The van der Waals surface area contributed by atoms with Crippen LogP contribution in [0, 0.1) is 11.8 Å². The number of nitrogens with one attached hydrogen (secondary N) is 1. The first-order valence-electron chi connectivity index (χ1n) is 8.19. The van der Waals surface area contributed by atoms with E-state index >= 15 is 0 Å². The summed E-state index contributed by atoms with van der Waals surface area (Å²) in [5.74, 6) is 2.65. The van der Waals surface area contributed by atoms with Crippen LogP contribution in [0.4, 0.5) is 0 Å². The molecule has 21 heavy (non-hydrogen) atoms. The van der Waals surface area contributed by atoms with E-state index in [1.54, 1.807) is 7.11 Å². The molecule has 5 nitrogen and oxygen atoms in total. The highest BCUT2D eigenvalue weighted by atomic mass is 16.5. The minimum atomic E-state index is 0.667. The molecule has 0 amide bonds. The van der Waals surface area contributed by atoms with Crippen LogP contribution in [0.5, 0.6) is 0 Å². The van der Waals surface area contributed by atoms with Crippen molar-refractivity contribution < 1.29 is 9.47 Å². The summed E-state index contributed by atoms with van der Waals surface area (Å²) in [4.78, 5) is 6.79. The largest absolute Gasteiger partial charge is 0.382 e. The molecule has 1 aliphatic heterocycles. The van der Waals surface area contributed by atoms with E-state index in [9.17, 15) is 0 Å². The van der Waals surface area contributed by atoms with Gasteiger partial charge >= 0.3 is 0 Å². The van der Waals surface area contributed by atoms with Crippen molar-refractivity contribution in [2.45, 2.75) is 33.1 Å². The van der Waals surface area contributed by atoms with Gasteiger partial charge in [-0.05, 0) is 31.1 Å². The summed E-state index contributed by atoms with van der Waals surface area (Å²) >= 11 is 0. The number of likely N-dealkylation sites (tertiary alicyclic amines) is 1. The van der Waals surface area contributed by atoms with Crippen LogP contribution in [0.15, 0.2) is 4.99 Å². The number of aliphatic imine (C=N–C) groups is 1. The maximum Gasteiger partial charge on any atom is 0.193 e. The lowest BCUT2D eigenvalue weighted by Gasteiger charge is -2.22. The van der Waals surface area contributed by atoms with Gasteiger partial charge in [0.05, 0.1) is 13.2 Å². The van der Waals surface area contributed by atoms with E-state index in [-0.39, 0.29) is 0 Å². The van der Waals surface area contributed by atoms with Crippen LogP contribution in [0.2, 0.25) is 0 Å². The molecule has 1 saturated heterocycles. The van der Waals surface area contributed by atoms with Gasteiger partial charge in [0.15, 0.2) is 5.96 Å². The molecule has 1 fully saturated rings. The number of nitrogens with zero attached hydrogens (tertiary/aromatic N) is 2. The Hall–Kier alpha value is -0.810. The third kappa shape index (κ3) is 7.67. The molecule has 0 aromatic heterocycles. The Kier molecular flexibility index (Phi) is 9.42. The summed E-state index contributed by atoms with van der Waals surface area (Å²) in [5.41, 5.74) is 0. The van der Waals surface area contributed by atoms with Crippen molar-refractivity contribution in [2.24, 2.45) is 16.8 Å². The number of ether oxygens (including phenoxy) is 2. The maximum absolute atomic E-state index is 5.46. The second-order valence-corrected chi connectivity index (χ2v) is 6.16. The van der Waals surface area contributed by atoms with Gasteiger partial charge in [-0.3, -0.25) is 4.99 Å². The van der Waals surface area contributed by atoms with E-state index in [0.29, 0.717) is 13.2 Å². The Morgan fingerprint density at radius 2 is 2.14 bits per heavy atom. The Labute approximate surface area is 130 Å². The lowest BCUT2D eigenvalue weighted by atomic mass is 9.97. The third-order valence-electron chi connectivity index (χ3n) is 3.78. The average Bonchev–Trinajstić information content (AvgIpc) is 2.89. The first kappa shape index (κ1) is 18.2. The molecule has 1 N–H and O–H groups in total. The van der Waals surface area contributed by atoms with Crippen molar-refractivity contribution in [1.29, 1.82) is 0 Å². The van der Waals surface area contributed by atoms with Crippen LogP contribution in [-0.2, 0) is 9.47 Å². The maximum atomic E-state index is 5.46. The van der Waals surface area contributed by atoms with Crippen molar-refractivity contribution in [3.05, 3.63) is 0 Å². The predicted molar refractivity (Wildman–Crippen MR) is 87.8 cm³/mol. The van der Waals surface area contributed by atoms with E-state index in [1.807, 2.05) is 7.05 Å². The van der Waals surface area contributed by atoms with Crippen molar-refractivity contribution in [3.63, 3.8) is 0 Å². The number of hydrogen-bond acceptors (Lipinski definition) is 3. The second-order valence-electron chi connectivity index (χ2n) is 6.16. The van der Waals surface area contributed by atoms with Gasteiger partial charge in [0.2, 0.25) is 0 Å². The SMILES string of the molecule is CN=C(NCCCOCCOC)N1CCC(CC(C)C)C1. The summed E-state index contributed by atoms with van der Waals surface area (Å²) in [5, 5.41) is 3.44. The van der Waals surface area contributed by atoms with Gasteiger partial charge in [0.1, 0.15) is 0 Å².